The third-order valence-corrected chi connectivity index (χ3v) is 11.0. The van der Waals surface area contributed by atoms with Crippen LogP contribution in [0.1, 0.15) is 200 Å². The van der Waals surface area contributed by atoms with Crippen LogP contribution in [0.15, 0.2) is 48.6 Å². The molecule has 344 valence electrons. The fraction of sp³-hybridized carbons (Fsp3) is 0.796. The number of allylic oxidation sites excluding steroid dienone is 8. The molecule has 0 N–H and O–H groups in total. The van der Waals surface area contributed by atoms with Crippen molar-refractivity contribution in [2.24, 2.45) is 0 Å². The van der Waals surface area contributed by atoms with Crippen LogP contribution in [-0.4, -0.2) is 70.0 Å². The lowest BCUT2D eigenvalue weighted by molar-refractivity contribution is -0.870. The van der Waals surface area contributed by atoms with Crippen LogP contribution in [0.25, 0.3) is 0 Å². The molecule has 10 heteroatoms. The average Bonchev–Trinajstić information content (AvgIpc) is 3.19. The molecule has 0 aromatic rings. The molecule has 0 fully saturated rings. The number of likely N-dealkylation sites (N-methyl/N-ethyl adjacent to an activating group) is 1. The molecule has 0 amide bonds. The molecule has 1 unspecified atom stereocenters. The zero-order valence-electron chi connectivity index (χ0n) is 38.7. The number of rotatable bonds is 43. The van der Waals surface area contributed by atoms with Crippen LogP contribution in [0.3, 0.4) is 0 Å². The normalized spacial score (nSPS) is 13.9. The summed E-state index contributed by atoms with van der Waals surface area (Å²) in [6.45, 7) is 4.14. The van der Waals surface area contributed by atoms with Gasteiger partial charge in [-0.15, -0.1) is 0 Å². The molecule has 0 aliphatic rings. The van der Waals surface area contributed by atoms with E-state index in [-0.39, 0.29) is 26.1 Å². The van der Waals surface area contributed by atoms with E-state index in [0.717, 1.165) is 64.2 Å². The van der Waals surface area contributed by atoms with Gasteiger partial charge in [0.25, 0.3) is 7.82 Å². The van der Waals surface area contributed by atoms with Gasteiger partial charge in [0.05, 0.1) is 27.7 Å². The molecule has 0 aliphatic heterocycles. The third kappa shape index (κ3) is 45.3. The number of hydrogen-bond donors (Lipinski definition) is 0. The number of unbranched alkanes of at least 4 members (excludes halogenated alkanes) is 21. The highest BCUT2D eigenvalue weighted by Crippen LogP contribution is 2.38. The monoisotopic (exact) mass is 852 g/mol. The highest BCUT2D eigenvalue weighted by Gasteiger charge is 2.21. The van der Waals surface area contributed by atoms with E-state index < -0.39 is 32.5 Å². The van der Waals surface area contributed by atoms with Crippen LogP contribution in [0.5, 0.6) is 0 Å². The second kappa shape index (κ2) is 41.3. The van der Waals surface area contributed by atoms with Gasteiger partial charge in [-0.2, -0.15) is 0 Å². The first-order valence-electron chi connectivity index (χ1n) is 23.8. The van der Waals surface area contributed by atoms with Gasteiger partial charge in [-0.05, 0) is 51.4 Å². The number of carbonyl (C=O) groups excluding carboxylic acids is 2. The van der Waals surface area contributed by atoms with Crippen LogP contribution in [0.2, 0.25) is 0 Å². The molecule has 0 aromatic heterocycles. The van der Waals surface area contributed by atoms with Crippen molar-refractivity contribution >= 4 is 19.8 Å². The predicted molar refractivity (Wildman–Crippen MR) is 245 cm³/mol. The average molecular weight is 852 g/mol. The van der Waals surface area contributed by atoms with Crippen molar-refractivity contribution in [3.05, 3.63) is 48.6 Å². The van der Waals surface area contributed by atoms with Crippen LogP contribution < -0.4 is 4.89 Å². The first-order chi connectivity index (χ1) is 28.5. The molecule has 0 aromatic carbocycles. The Hall–Kier alpha value is -2.03. The summed E-state index contributed by atoms with van der Waals surface area (Å²) in [5.74, 6) is -0.866. The van der Waals surface area contributed by atoms with Gasteiger partial charge in [0.15, 0.2) is 6.10 Å². The van der Waals surface area contributed by atoms with E-state index in [2.05, 4.69) is 62.5 Å². The van der Waals surface area contributed by atoms with Gasteiger partial charge in [0.2, 0.25) is 0 Å². The minimum Gasteiger partial charge on any atom is -0.756 e. The number of hydrogen-bond acceptors (Lipinski definition) is 8. The highest BCUT2D eigenvalue weighted by molar-refractivity contribution is 7.45. The van der Waals surface area contributed by atoms with Crippen LogP contribution in [0, 0.1) is 0 Å². The van der Waals surface area contributed by atoms with Gasteiger partial charge >= 0.3 is 11.9 Å². The second-order valence-electron chi connectivity index (χ2n) is 17.1. The van der Waals surface area contributed by atoms with Gasteiger partial charge in [0, 0.05) is 12.8 Å². The second-order valence-corrected chi connectivity index (χ2v) is 18.5. The Morgan fingerprint density at radius 1 is 0.525 bits per heavy atom. The summed E-state index contributed by atoms with van der Waals surface area (Å²) >= 11 is 0. The van der Waals surface area contributed by atoms with Crippen LogP contribution in [-0.2, 0) is 32.7 Å². The summed E-state index contributed by atoms with van der Waals surface area (Å²) < 4.78 is 33.9. The molecular weight excluding hydrogens is 762 g/mol. The zero-order chi connectivity index (χ0) is 43.6. The molecule has 59 heavy (non-hydrogen) atoms. The minimum absolute atomic E-state index is 0.0363. The smallest absolute Gasteiger partial charge is 0.306 e. The van der Waals surface area contributed by atoms with E-state index >= 15 is 0 Å². The molecule has 9 nitrogen and oxygen atoms in total. The van der Waals surface area contributed by atoms with Gasteiger partial charge < -0.3 is 27.9 Å². The Labute approximate surface area is 363 Å². The van der Waals surface area contributed by atoms with Crippen molar-refractivity contribution in [3.8, 4) is 0 Å². The first kappa shape index (κ1) is 57.0. The number of nitrogens with zero attached hydrogens (tertiary/aromatic N) is 1. The van der Waals surface area contributed by atoms with Crippen LogP contribution in [0.4, 0.5) is 0 Å². The SMILES string of the molecule is CCC/C=C/C/C=C/C/C=C/C/C=C/CCCCCC(=O)OC[C@H](COP(=O)([O-])OCC[N+](C)(C)C)OC(=O)CCCCCCCCCCCCCCCCCCCC. The van der Waals surface area contributed by atoms with E-state index in [1.54, 1.807) is 0 Å². The van der Waals surface area contributed by atoms with E-state index in [0.29, 0.717) is 23.9 Å². The zero-order valence-corrected chi connectivity index (χ0v) is 39.6. The van der Waals surface area contributed by atoms with Crippen molar-refractivity contribution in [1.29, 1.82) is 0 Å². The first-order valence-corrected chi connectivity index (χ1v) is 25.3. The Balaban J connectivity index is 4.35. The number of carbonyl (C=O) groups is 2. The van der Waals surface area contributed by atoms with Crippen molar-refractivity contribution in [2.75, 3.05) is 47.5 Å². The highest BCUT2D eigenvalue weighted by atomic mass is 31.2. The Morgan fingerprint density at radius 3 is 1.42 bits per heavy atom. The molecule has 0 saturated heterocycles. The molecule has 0 radical (unpaired) electrons. The maximum Gasteiger partial charge on any atom is 0.306 e. The van der Waals surface area contributed by atoms with E-state index in [1.165, 1.54) is 96.3 Å². The lowest BCUT2D eigenvalue weighted by Crippen LogP contribution is -2.37. The molecule has 0 bridgehead atoms. The largest absolute Gasteiger partial charge is 0.756 e. The van der Waals surface area contributed by atoms with Crippen molar-refractivity contribution in [1.82, 2.24) is 0 Å². The predicted octanol–water partition coefficient (Wildman–Crippen LogP) is 13.2. The Morgan fingerprint density at radius 2 is 0.949 bits per heavy atom. The summed E-state index contributed by atoms with van der Waals surface area (Å²) in [5, 5.41) is 0. The van der Waals surface area contributed by atoms with Crippen molar-refractivity contribution in [2.45, 2.75) is 206 Å². The summed E-state index contributed by atoms with van der Waals surface area (Å²) in [4.78, 5) is 37.6. The minimum atomic E-state index is -4.63. The fourth-order valence-electron chi connectivity index (χ4n) is 6.35. The van der Waals surface area contributed by atoms with Gasteiger partial charge in [0.1, 0.15) is 19.8 Å². The molecule has 0 aliphatic carbocycles. The third-order valence-electron chi connectivity index (χ3n) is 10.1. The summed E-state index contributed by atoms with van der Waals surface area (Å²) in [6, 6.07) is 0. The fourth-order valence-corrected chi connectivity index (χ4v) is 7.08. The van der Waals surface area contributed by atoms with Crippen LogP contribution >= 0.6 is 7.82 Å². The lowest BCUT2D eigenvalue weighted by Gasteiger charge is -2.28. The lowest BCUT2D eigenvalue weighted by atomic mass is 10.0. The maximum atomic E-state index is 12.7. The topological polar surface area (TPSA) is 111 Å². The molecule has 0 spiro atoms. The summed E-state index contributed by atoms with van der Waals surface area (Å²) in [7, 11) is 1.15. The van der Waals surface area contributed by atoms with E-state index in [9.17, 15) is 19.0 Å². The molecule has 0 heterocycles. The quantitative estimate of drug-likeness (QED) is 0.0196. The number of esters is 2. The molecule has 2 atom stereocenters. The maximum absolute atomic E-state index is 12.7. The number of phosphoric acid groups is 1. The van der Waals surface area contributed by atoms with Crippen molar-refractivity contribution < 1.29 is 42.1 Å². The van der Waals surface area contributed by atoms with Crippen molar-refractivity contribution in [3.63, 3.8) is 0 Å². The summed E-state index contributed by atoms with van der Waals surface area (Å²) in [6.07, 6.45) is 48.5. The molecule has 0 rings (SSSR count). The number of phosphoric ester groups is 1. The standard InChI is InChI=1S/C49H90NO8P/c1-6-8-10-12-14-16-18-20-22-24-26-28-30-32-34-36-38-40-42-49(52)58-47(46-57-59(53,54)56-44-43-50(3,4)5)45-55-48(51)41-39-37-35-33-31-29-27-25-23-21-19-17-15-13-11-9-7-2/h11,13,17,19,23,25,29,31,47H,6-10,12,14-16,18,20-22,24,26-28,30,32-46H2,1-5H3/b13-11+,19-17+,25-23+,31-29+/t47-/m1/s1. The Kier molecular flexibility index (Phi) is 39.9. The van der Waals surface area contributed by atoms with E-state index in [4.69, 9.17) is 18.5 Å². The van der Waals surface area contributed by atoms with Gasteiger partial charge in [-0.25, -0.2) is 0 Å². The number of ether oxygens (including phenoxy) is 2. The molecule has 0 saturated carbocycles. The molecular formula is C49H90NO8P. The Bertz CT molecular complexity index is 1150. The van der Waals surface area contributed by atoms with E-state index in [1.807, 2.05) is 21.1 Å². The van der Waals surface area contributed by atoms with Gasteiger partial charge in [-0.3, -0.25) is 14.2 Å². The summed E-state index contributed by atoms with van der Waals surface area (Å²) in [5.41, 5.74) is 0. The number of quaternary nitrogens is 1. The van der Waals surface area contributed by atoms with Gasteiger partial charge in [-0.1, -0.05) is 184 Å².